The number of nitrogens with zero attached hydrogens (tertiary/aromatic N) is 1. The number of anilines is 2. The number of ether oxygens (including phenoxy) is 2. The Morgan fingerprint density at radius 3 is 2.42 bits per heavy atom. The van der Waals surface area contributed by atoms with Gasteiger partial charge in [0.1, 0.15) is 23.1 Å². The van der Waals surface area contributed by atoms with E-state index in [0.717, 1.165) is 51.9 Å². The lowest BCUT2D eigenvalue weighted by molar-refractivity contribution is -0.114. The van der Waals surface area contributed by atoms with E-state index < -0.39 is 34.3 Å². The quantitative estimate of drug-likeness (QED) is 0.410. The molecular weight excluding hydrogens is 507 g/mol. The number of carbonyl (C=O) groups excluding carboxylic acids is 2. The van der Waals surface area contributed by atoms with Crippen molar-refractivity contribution < 1.29 is 31.9 Å². The van der Waals surface area contributed by atoms with Gasteiger partial charge in [-0.1, -0.05) is 0 Å². The molecule has 8 nitrogen and oxygen atoms in total. The molecule has 0 saturated heterocycles. The lowest BCUT2D eigenvalue weighted by Gasteiger charge is -2.24. The predicted octanol–water partition coefficient (Wildman–Crippen LogP) is 4.40. The largest absolute Gasteiger partial charge is 0.494 e. The highest BCUT2D eigenvalue weighted by atomic mass is 32.2. The molecule has 1 heterocycles. The fourth-order valence-corrected chi connectivity index (χ4v) is 6.75. The van der Waals surface area contributed by atoms with Crippen LogP contribution >= 0.6 is 11.3 Å². The Morgan fingerprint density at radius 2 is 1.78 bits per heavy atom. The van der Waals surface area contributed by atoms with Gasteiger partial charge in [0.05, 0.1) is 29.9 Å². The van der Waals surface area contributed by atoms with Crippen molar-refractivity contribution in [2.75, 3.05) is 29.9 Å². The zero-order valence-electron chi connectivity index (χ0n) is 19.7. The number of nitrogens with one attached hydrogen (secondary N) is 1. The lowest BCUT2D eigenvalue weighted by atomic mass is 10.1. The summed E-state index contributed by atoms with van der Waals surface area (Å²) in [5, 5.41) is 3.04. The first kappa shape index (κ1) is 25.6. The molecule has 2 aromatic carbocycles. The maximum Gasteiger partial charge on any atom is 0.341 e. The highest BCUT2D eigenvalue weighted by Crippen LogP contribution is 2.39. The number of hydrogen-bond donors (Lipinski definition) is 1. The standard InChI is InChI=1S/C25H25FN2O6S2/c1-3-34-18-11-9-17(10-12-18)28(36(31,32)19-13-7-16(26)8-14-19)15-22(29)27-24-23(25(30)33-2)20-5-4-6-21(20)35-24/h7-14H,3-6,15H2,1-2H3,(H,27,29). The highest BCUT2D eigenvalue weighted by molar-refractivity contribution is 7.92. The number of aryl methyl sites for hydroxylation is 1. The summed E-state index contributed by atoms with van der Waals surface area (Å²) in [7, 11) is -2.96. The van der Waals surface area contributed by atoms with E-state index in [4.69, 9.17) is 9.47 Å². The van der Waals surface area contributed by atoms with Crippen LogP contribution in [0.3, 0.4) is 0 Å². The van der Waals surface area contributed by atoms with Crippen LogP contribution in [-0.2, 0) is 32.4 Å². The van der Waals surface area contributed by atoms with Gasteiger partial charge in [-0.2, -0.15) is 0 Å². The van der Waals surface area contributed by atoms with E-state index >= 15 is 0 Å². The van der Waals surface area contributed by atoms with E-state index in [9.17, 15) is 22.4 Å². The number of hydrogen-bond acceptors (Lipinski definition) is 7. The maximum absolute atomic E-state index is 13.5. The van der Waals surface area contributed by atoms with Crippen LogP contribution in [-0.4, -0.2) is 40.6 Å². The van der Waals surface area contributed by atoms with Crippen molar-refractivity contribution in [3.63, 3.8) is 0 Å². The molecule has 1 amide bonds. The van der Waals surface area contributed by atoms with Gasteiger partial charge in [-0.3, -0.25) is 9.10 Å². The Labute approximate surface area is 212 Å². The third-order valence-corrected chi connectivity index (χ3v) is 8.68. The first-order valence-corrected chi connectivity index (χ1v) is 13.5. The molecule has 190 valence electrons. The minimum absolute atomic E-state index is 0.170. The minimum atomic E-state index is -4.23. The number of amides is 1. The molecule has 11 heteroatoms. The molecule has 1 aliphatic carbocycles. The number of sulfonamides is 1. The van der Waals surface area contributed by atoms with Crippen LogP contribution in [0.5, 0.6) is 5.75 Å². The number of fused-ring (bicyclic) bond motifs is 1. The molecule has 4 rings (SSSR count). The van der Waals surface area contributed by atoms with Crippen molar-refractivity contribution in [2.24, 2.45) is 0 Å². The summed E-state index contributed by atoms with van der Waals surface area (Å²) in [6, 6.07) is 10.6. The van der Waals surface area contributed by atoms with Crippen LogP contribution in [0.2, 0.25) is 0 Å². The van der Waals surface area contributed by atoms with E-state index in [1.54, 1.807) is 12.1 Å². The van der Waals surface area contributed by atoms with Crippen molar-refractivity contribution in [3.05, 3.63) is 70.4 Å². The van der Waals surface area contributed by atoms with Gasteiger partial charge >= 0.3 is 5.97 Å². The molecule has 1 aliphatic rings. The van der Waals surface area contributed by atoms with E-state index in [0.29, 0.717) is 29.3 Å². The first-order chi connectivity index (χ1) is 17.2. The summed E-state index contributed by atoms with van der Waals surface area (Å²) < 4.78 is 51.7. The van der Waals surface area contributed by atoms with Gasteiger partial charge in [0, 0.05) is 4.88 Å². The number of rotatable bonds is 9. The summed E-state index contributed by atoms with van der Waals surface area (Å²) in [6.07, 6.45) is 2.43. The molecule has 3 aromatic rings. The van der Waals surface area contributed by atoms with Crippen molar-refractivity contribution in [2.45, 2.75) is 31.1 Å². The zero-order chi connectivity index (χ0) is 25.9. The summed E-state index contributed by atoms with van der Waals surface area (Å²) >= 11 is 1.30. The van der Waals surface area contributed by atoms with Crippen LogP contribution < -0.4 is 14.4 Å². The Balaban J connectivity index is 1.66. The van der Waals surface area contributed by atoms with Gasteiger partial charge < -0.3 is 14.8 Å². The van der Waals surface area contributed by atoms with Crippen LogP contribution in [0, 0.1) is 5.82 Å². The molecule has 0 radical (unpaired) electrons. The van der Waals surface area contributed by atoms with Crippen LogP contribution in [0.15, 0.2) is 53.4 Å². The topological polar surface area (TPSA) is 102 Å². The van der Waals surface area contributed by atoms with E-state index in [1.165, 1.54) is 30.6 Å². The SMILES string of the molecule is CCOc1ccc(N(CC(=O)Nc2sc3c(c2C(=O)OC)CCC3)S(=O)(=O)c2ccc(F)cc2)cc1. The maximum atomic E-state index is 13.5. The van der Waals surface area contributed by atoms with Gasteiger partial charge in [0.25, 0.3) is 10.0 Å². The summed E-state index contributed by atoms with van der Waals surface area (Å²) in [5.41, 5.74) is 1.40. The van der Waals surface area contributed by atoms with E-state index in [-0.39, 0.29) is 10.6 Å². The Morgan fingerprint density at radius 1 is 1.08 bits per heavy atom. The van der Waals surface area contributed by atoms with E-state index in [2.05, 4.69) is 5.32 Å². The molecule has 0 bridgehead atoms. The molecule has 0 spiro atoms. The highest BCUT2D eigenvalue weighted by Gasteiger charge is 2.31. The number of carbonyl (C=O) groups is 2. The third kappa shape index (κ3) is 5.21. The molecule has 1 N–H and O–H groups in total. The molecule has 0 fully saturated rings. The average molecular weight is 533 g/mol. The molecule has 1 aromatic heterocycles. The molecule has 0 aliphatic heterocycles. The van der Waals surface area contributed by atoms with Gasteiger partial charge in [-0.15, -0.1) is 11.3 Å². The van der Waals surface area contributed by atoms with Crippen molar-refractivity contribution in [1.82, 2.24) is 0 Å². The smallest absolute Gasteiger partial charge is 0.341 e. The second kappa shape index (κ2) is 10.7. The first-order valence-electron chi connectivity index (χ1n) is 11.3. The van der Waals surface area contributed by atoms with E-state index in [1.807, 2.05) is 6.92 Å². The van der Waals surface area contributed by atoms with Gasteiger partial charge in [0.15, 0.2) is 0 Å². The molecule has 0 atom stereocenters. The van der Waals surface area contributed by atoms with Gasteiger partial charge in [-0.25, -0.2) is 17.6 Å². The van der Waals surface area contributed by atoms with Crippen molar-refractivity contribution in [3.8, 4) is 5.75 Å². The Hall–Kier alpha value is -3.44. The summed E-state index contributed by atoms with van der Waals surface area (Å²) in [5.74, 6) is -1.23. The minimum Gasteiger partial charge on any atom is -0.494 e. The summed E-state index contributed by atoms with van der Waals surface area (Å²) in [6.45, 7) is 1.69. The van der Waals surface area contributed by atoms with Crippen LogP contribution in [0.25, 0.3) is 0 Å². The second-order valence-electron chi connectivity index (χ2n) is 7.99. The molecule has 0 unspecified atom stereocenters. The third-order valence-electron chi connectivity index (χ3n) is 5.69. The number of methoxy groups -OCH3 is 1. The number of esters is 1. The lowest BCUT2D eigenvalue weighted by Crippen LogP contribution is -2.38. The fraction of sp³-hybridized carbons (Fsp3) is 0.280. The van der Waals surface area contributed by atoms with Gasteiger partial charge in [0.2, 0.25) is 5.91 Å². The monoisotopic (exact) mass is 532 g/mol. The predicted molar refractivity (Wildman–Crippen MR) is 135 cm³/mol. The average Bonchev–Trinajstić information content (AvgIpc) is 3.44. The fourth-order valence-electron chi connectivity index (χ4n) is 4.03. The molecule has 36 heavy (non-hydrogen) atoms. The van der Waals surface area contributed by atoms with Crippen molar-refractivity contribution >= 4 is 43.9 Å². The second-order valence-corrected chi connectivity index (χ2v) is 11.0. The summed E-state index contributed by atoms with van der Waals surface area (Å²) in [4.78, 5) is 26.4. The molecule has 0 saturated carbocycles. The van der Waals surface area contributed by atoms with Gasteiger partial charge in [-0.05, 0) is 80.3 Å². The number of thiophene rings is 1. The van der Waals surface area contributed by atoms with Crippen LogP contribution in [0.4, 0.5) is 15.1 Å². The normalized spacial score (nSPS) is 12.6. The molecular formula is C25H25FN2O6S2. The number of halogens is 1. The van der Waals surface area contributed by atoms with Crippen molar-refractivity contribution in [1.29, 1.82) is 0 Å². The Bertz CT molecular complexity index is 1370. The number of benzene rings is 2. The Kier molecular flexibility index (Phi) is 7.60. The zero-order valence-corrected chi connectivity index (χ0v) is 21.4. The van der Waals surface area contributed by atoms with Crippen LogP contribution in [0.1, 0.15) is 34.1 Å².